The van der Waals surface area contributed by atoms with Gasteiger partial charge in [-0.25, -0.2) is 4.68 Å². The highest BCUT2D eigenvalue weighted by Gasteiger charge is 2.48. The second kappa shape index (κ2) is 7.66. The van der Waals surface area contributed by atoms with Crippen molar-refractivity contribution in [2.24, 2.45) is 0 Å². The van der Waals surface area contributed by atoms with Gasteiger partial charge in [-0.2, -0.15) is 18.3 Å². The van der Waals surface area contributed by atoms with Crippen molar-refractivity contribution in [3.63, 3.8) is 0 Å². The number of anilines is 2. The average Bonchev–Trinajstić information content (AvgIpc) is 3.31. The number of hydrogen-bond donors (Lipinski definition) is 2. The van der Waals surface area contributed by atoms with Gasteiger partial charge in [-0.3, -0.25) is 4.79 Å². The molecule has 0 fully saturated rings. The van der Waals surface area contributed by atoms with Gasteiger partial charge in [0.25, 0.3) is 5.91 Å². The predicted octanol–water partition coefficient (Wildman–Crippen LogP) is 6.27. The Morgan fingerprint density at radius 2 is 2.03 bits per heavy atom. The standard InChI is InChI=1S/C18H13BrClF3N4OS/c19-14-15(17(28)24-10-5-3-9(20)4-6-10)26-27-13(18(21,22)23)8-11(25-16(14)27)12-2-1-7-29-12/h1-7,11,13,25H,8H2,(H,24,28). The number of thiophene rings is 1. The first-order valence-electron chi connectivity index (χ1n) is 8.45. The fourth-order valence-corrected chi connectivity index (χ4v) is 4.61. The first kappa shape index (κ1) is 20.2. The number of nitrogens with one attached hydrogen (secondary N) is 2. The van der Waals surface area contributed by atoms with Gasteiger partial charge in [-0.05, 0) is 51.6 Å². The summed E-state index contributed by atoms with van der Waals surface area (Å²) in [5.74, 6) is -0.505. The third-order valence-corrected chi connectivity index (χ3v) is 6.49. The molecule has 0 saturated carbocycles. The summed E-state index contributed by atoms with van der Waals surface area (Å²) in [5, 5.41) is 12.0. The number of benzene rings is 1. The Hall–Kier alpha value is -2.04. The first-order valence-corrected chi connectivity index (χ1v) is 10.5. The normalized spacial score (nSPS) is 18.8. The summed E-state index contributed by atoms with van der Waals surface area (Å²) in [6.45, 7) is 0. The van der Waals surface area contributed by atoms with Crippen molar-refractivity contribution in [1.82, 2.24) is 9.78 Å². The third-order valence-electron chi connectivity index (χ3n) is 4.50. The SMILES string of the molecule is O=C(Nc1ccc(Cl)cc1)c1nn2c(c1Br)NC(c1cccs1)CC2C(F)(F)F. The molecular formula is C18H13BrClF3N4OS. The molecule has 3 heterocycles. The second-order valence-corrected chi connectivity index (χ2v) is 8.63. The average molecular weight is 506 g/mol. The molecule has 2 N–H and O–H groups in total. The van der Waals surface area contributed by atoms with Gasteiger partial charge in [-0.15, -0.1) is 11.3 Å². The summed E-state index contributed by atoms with van der Waals surface area (Å²) in [6, 6.07) is 7.56. The van der Waals surface area contributed by atoms with Gasteiger partial charge in [-0.1, -0.05) is 17.7 Å². The van der Waals surface area contributed by atoms with E-state index in [1.54, 1.807) is 36.4 Å². The number of aromatic nitrogens is 2. The van der Waals surface area contributed by atoms with E-state index in [9.17, 15) is 18.0 Å². The maximum absolute atomic E-state index is 13.7. The van der Waals surface area contributed by atoms with Gasteiger partial charge < -0.3 is 10.6 Å². The van der Waals surface area contributed by atoms with E-state index in [4.69, 9.17) is 11.6 Å². The number of rotatable bonds is 3. The van der Waals surface area contributed by atoms with E-state index < -0.39 is 24.2 Å². The van der Waals surface area contributed by atoms with Crippen LogP contribution < -0.4 is 10.6 Å². The maximum atomic E-state index is 13.7. The minimum absolute atomic E-state index is 0.123. The van der Waals surface area contributed by atoms with E-state index in [1.165, 1.54) is 11.3 Å². The molecule has 11 heteroatoms. The minimum atomic E-state index is -4.51. The van der Waals surface area contributed by atoms with Crippen LogP contribution in [0.3, 0.4) is 0 Å². The van der Waals surface area contributed by atoms with Crippen LogP contribution in [-0.2, 0) is 0 Å². The van der Waals surface area contributed by atoms with Gasteiger partial charge in [0.1, 0.15) is 5.82 Å². The Morgan fingerprint density at radius 3 is 2.66 bits per heavy atom. The lowest BCUT2D eigenvalue weighted by Gasteiger charge is -2.33. The molecule has 4 rings (SSSR count). The third kappa shape index (κ3) is 4.01. The quantitative estimate of drug-likeness (QED) is 0.441. The molecule has 2 aromatic heterocycles. The minimum Gasteiger partial charge on any atom is -0.362 e. The molecule has 5 nitrogen and oxygen atoms in total. The number of nitrogens with zero attached hydrogens (tertiary/aromatic N) is 2. The smallest absolute Gasteiger partial charge is 0.362 e. The molecule has 0 bridgehead atoms. The Labute approximate surface area is 181 Å². The summed E-state index contributed by atoms with van der Waals surface area (Å²) in [7, 11) is 0. The maximum Gasteiger partial charge on any atom is 0.410 e. The van der Waals surface area contributed by atoms with Crippen LogP contribution in [0, 0.1) is 0 Å². The molecule has 1 aromatic carbocycles. The molecule has 0 aliphatic carbocycles. The summed E-state index contributed by atoms with van der Waals surface area (Å²) < 4.78 is 42.3. The van der Waals surface area contributed by atoms with Crippen LogP contribution in [-0.4, -0.2) is 21.9 Å². The van der Waals surface area contributed by atoms with Crippen LogP contribution in [0.4, 0.5) is 24.7 Å². The van der Waals surface area contributed by atoms with Crippen molar-refractivity contribution >= 4 is 56.3 Å². The van der Waals surface area contributed by atoms with Gasteiger partial charge in [0.15, 0.2) is 11.7 Å². The van der Waals surface area contributed by atoms with Crippen molar-refractivity contribution in [3.05, 3.63) is 61.8 Å². The van der Waals surface area contributed by atoms with E-state index in [0.29, 0.717) is 10.7 Å². The molecule has 0 spiro atoms. The number of carbonyl (C=O) groups excluding carboxylic acids is 1. The summed E-state index contributed by atoms with van der Waals surface area (Å²) in [6.07, 6.45) is -4.73. The number of amides is 1. The zero-order chi connectivity index (χ0) is 20.8. The highest BCUT2D eigenvalue weighted by Crippen LogP contribution is 2.46. The highest BCUT2D eigenvalue weighted by molar-refractivity contribution is 9.10. The summed E-state index contributed by atoms with van der Waals surface area (Å²) in [5.41, 5.74) is 0.317. The van der Waals surface area contributed by atoms with Crippen LogP contribution in [0.2, 0.25) is 5.02 Å². The van der Waals surface area contributed by atoms with Crippen LogP contribution >= 0.6 is 38.9 Å². The highest BCUT2D eigenvalue weighted by atomic mass is 79.9. The van der Waals surface area contributed by atoms with Crippen LogP contribution in [0.1, 0.15) is 33.9 Å². The van der Waals surface area contributed by atoms with Crippen molar-refractivity contribution in [1.29, 1.82) is 0 Å². The molecule has 1 aliphatic rings. The Morgan fingerprint density at radius 1 is 1.31 bits per heavy atom. The van der Waals surface area contributed by atoms with Crippen molar-refractivity contribution in [2.45, 2.75) is 24.7 Å². The molecule has 152 valence electrons. The molecule has 2 atom stereocenters. The molecular weight excluding hydrogens is 493 g/mol. The lowest BCUT2D eigenvalue weighted by molar-refractivity contribution is -0.173. The predicted molar refractivity (Wildman–Crippen MR) is 110 cm³/mol. The molecule has 0 saturated heterocycles. The summed E-state index contributed by atoms with van der Waals surface area (Å²) in [4.78, 5) is 13.4. The zero-order valence-corrected chi connectivity index (χ0v) is 17.7. The largest absolute Gasteiger partial charge is 0.410 e. The summed E-state index contributed by atoms with van der Waals surface area (Å²) >= 11 is 10.5. The number of halogens is 5. The lowest BCUT2D eigenvalue weighted by Crippen LogP contribution is -2.35. The van der Waals surface area contributed by atoms with E-state index >= 15 is 0 Å². The number of carbonyl (C=O) groups is 1. The van der Waals surface area contributed by atoms with Crippen LogP contribution in [0.15, 0.2) is 46.3 Å². The Bertz CT molecular complexity index is 1040. The van der Waals surface area contributed by atoms with Crippen molar-refractivity contribution < 1.29 is 18.0 Å². The van der Waals surface area contributed by atoms with Gasteiger partial charge in [0.2, 0.25) is 0 Å². The molecule has 0 radical (unpaired) electrons. The molecule has 29 heavy (non-hydrogen) atoms. The molecule has 3 aromatic rings. The van der Waals surface area contributed by atoms with Crippen molar-refractivity contribution in [2.75, 3.05) is 10.6 Å². The van der Waals surface area contributed by atoms with Crippen molar-refractivity contribution in [3.8, 4) is 0 Å². The fourth-order valence-electron chi connectivity index (χ4n) is 3.13. The number of fused-ring (bicyclic) bond motifs is 1. The Kier molecular flexibility index (Phi) is 5.34. The van der Waals surface area contributed by atoms with E-state index in [2.05, 4.69) is 31.7 Å². The van der Waals surface area contributed by atoms with Crippen LogP contribution in [0.5, 0.6) is 0 Å². The lowest BCUT2D eigenvalue weighted by atomic mass is 10.0. The topological polar surface area (TPSA) is 59.0 Å². The molecule has 2 unspecified atom stereocenters. The second-order valence-electron chi connectivity index (χ2n) is 6.42. The Balaban J connectivity index is 1.69. The van der Waals surface area contributed by atoms with Crippen LogP contribution in [0.25, 0.3) is 0 Å². The zero-order valence-electron chi connectivity index (χ0n) is 14.5. The molecule has 1 aliphatic heterocycles. The van der Waals surface area contributed by atoms with Gasteiger partial charge in [0, 0.05) is 22.0 Å². The number of alkyl halides is 3. The number of hydrogen-bond acceptors (Lipinski definition) is 4. The first-order chi connectivity index (χ1) is 13.7. The monoisotopic (exact) mass is 504 g/mol. The van der Waals surface area contributed by atoms with E-state index in [0.717, 1.165) is 9.56 Å². The van der Waals surface area contributed by atoms with E-state index in [1.807, 2.05) is 5.38 Å². The van der Waals surface area contributed by atoms with Gasteiger partial charge in [0.05, 0.1) is 10.5 Å². The fraction of sp³-hybridized carbons (Fsp3) is 0.222. The molecule has 1 amide bonds. The van der Waals surface area contributed by atoms with Gasteiger partial charge >= 0.3 is 6.18 Å². The van der Waals surface area contributed by atoms with E-state index in [-0.39, 0.29) is 22.4 Å².